The molecule has 1 saturated heterocycles. The quantitative estimate of drug-likeness (QED) is 0.906. The van der Waals surface area contributed by atoms with E-state index in [1.807, 2.05) is 36.4 Å². The topological polar surface area (TPSA) is 79.5 Å². The summed E-state index contributed by atoms with van der Waals surface area (Å²) < 4.78 is 0. The summed E-state index contributed by atoms with van der Waals surface area (Å²) in [5, 5.41) is 10.5. The van der Waals surface area contributed by atoms with Crippen LogP contribution in [0.1, 0.15) is 35.0 Å². The fourth-order valence-corrected chi connectivity index (χ4v) is 3.15. The monoisotopic (exact) mass is 311 g/mol. The van der Waals surface area contributed by atoms with Gasteiger partial charge < -0.3 is 15.7 Å². The van der Waals surface area contributed by atoms with Crippen molar-refractivity contribution in [3.05, 3.63) is 59.9 Å². The molecule has 5 nitrogen and oxygen atoms in total. The molecule has 0 aliphatic carbocycles. The summed E-state index contributed by atoms with van der Waals surface area (Å²) in [5.74, 6) is -0.257. The molecule has 0 radical (unpaired) electrons. The predicted molar refractivity (Wildman–Crippen MR) is 89.1 cm³/mol. The molecule has 0 bridgehead atoms. The Morgan fingerprint density at radius 1 is 1.22 bits per heavy atom. The maximum Gasteiger partial charge on any atom is 0.267 e. The Morgan fingerprint density at radius 3 is 2.57 bits per heavy atom. The van der Waals surface area contributed by atoms with E-state index >= 15 is 0 Å². The van der Waals surface area contributed by atoms with Gasteiger partial charge >= 0.3 is 0 Å². The number of amides is 1. The minimum atomic E-state index is -0.513. The molecule has 0 spiro atoms. The minimum absolute atomic E-state index is 0.256. The molecule has 1 unspecified atom stereocenters. The van der Waals surface area contributed by atoms with Gasteiger partial charge in [0.15, 0.2) is 0 Å². The number of anilines is 1. The number of carbonyl (C=O) groups excluding carboxylic acids is 1. The van der Waals surface area contributed by atoms with Gasteiger partial charge in [0.1, 0.15) is 5.69 Å². The van der Waals surface area contributed by atoms with Gasteiger partial charge in [0.2, 0.25) is 0 Å². The van der Waals surface area contributed by atoms with Crippen molar-refractivity contribution in [2.75, 3.05) is 18.0 Å². The second kappa shape index (κ2) is 6.79. The fraction of sp³-hybridized carbons (Fsp3) is 0.333. The van der Waals surface area contributed by atoms with Gasteiger partial charge in [-0.05, 0) is 36.5 Å². The third kappa shape index (κ3) is 3.51. The second-order valence-corrected chi connectivity index (χ2v) is 5.94. The average Bonchev–Trinajstić information content (AvgIpc) is 2.62. The molecule has 3 N–H and O–H groups in total. The van der Waals surface area contributed by atoms with Crippen molar-refractivity contribution in [1.29, 1.82) is 0 Å². The summed E-state index contributed by atoms with van der Waals surface area (Å²) in [5.41, 5.74) is 7.51. The number of benzene rings is 1. The lowest BCUT2D eigenvalue weighted by molar-refractivity contribution is 0.0930. The Kier molecular flexibility index (Phi) is 4.57. The van der Waals surface area contributed by atoms with Crippen molar-refractivity contribution in [2.45, 2.75) is 18.9 Å². The molecule has 0 saturated carbocycles. The zero-order chi connectivity index (χ0) is 16.2. The molecule has 5 heteroatoms. The van der Waals surface area contributed by atoms with E-state index in [1.54, 1.807) is 12.3 Å². The maximum atomic E-state index is 11.2. The number of aromatic nitrogens is 1. The summed E-state index contributed by atoms with van der Waals surface area (Å²) in [7, 11) is 0. The average molecular weight is 311 g/mol. The molecule has 1 amide bonds. The standard InChI is InChI=1S/C18H21N3O2/c19-18(23)16-12-15(6-9-20-16)21-10-7-14(8-11-21)17(22)13-4-2-1-3-5-13/h1-6,9,12,14,17,22H,7-8,10-11H2,(H2,19,23). The van der Waals surface area contributed by atoms with Gasteiger partial charge in [-0.2, -0.15) is 0 Å². The molecule has 1 fully saturated rings. The Bertz CT molecular complexity index is 667. The van der Waals surface area contributed by atoms with Gasteiger partial charge in [-0.1, -0.05) is 30.3 Å². The van der Waals surface area contributed by atoms with Gasteiger partial charge in [0, 0.05) is 25.0 Å². The first-order valence-electron chi connectivity index (χ1n) is 7.89. The lowest BCUT2D eigenvalue weighted by atomic mass is 9.87. The molecule has 1 aliphatic rings. The van der Waals surface area contributed by atoms with Crippen LogP contribution in [0.15, 0.2) is 48.7 Å². The van der Waals surface area contributed by atoms with Crippen molar-refractivity contribution in [2.24, 2.45) is 11.7 Å². The Balaban J connectivity index is 1.64. The first-order chi connectivity index (χ1) is 11.1. The van der Waals surface area contributed by atoms with Crippen LogP contribution in [0, 0.1) is 5.92 Å². The number of carbonyl (C=O) groups is 1. The summed E-state index contributed by atoms with van der Waals surface area (Å²) in [6.45, 7) is 1.69. The summed E-state index contributed by atoms with van der Waals surface area (Å²) in [4.78, 5) is 17.4. The summed E-state index contributed by atoms with van der Waals surface area (Å²) in [6.07, 6.45) is 3.01. The molecule has 3 rings (SSSR count). The van der Waals surface area contributed by atoms with E-state index in [4.69, 9.17) is 5.73 Å². The van der Waals surface area contributed by atoms with Gasteiger partial charge in [-0.3, -0.25) is 9.78 Å². The Hall–Kier alpha value is -2.40. The number of aliphatic hydroxyl groups excluding tert-OH is 1. The van der Waals surface area contributed by atoms with Gasteiger partial charge in [-0.25, -0.2) is 0 Å². The summed E-state index contributed by atoms with van der Waals surface area (Å²) in [6, 6.07) is 13.4. The van der Waals surface area contributed by atoms with Crippen LogP contribution in [0.4, 0.5) is 5.69 Å². The highest BCUT2D eigenvalue weighted by Crippen LogP contribution is 2.32. The number of nitrogens with zero attached hydrogens (tertiary/aromatic N) is 2. The number of aliphatic hydroxyl groups is 1. The number of nitrogens with two attached hydrogens (primary N) is 1. The molecule has 1 aromatic carbocycles. The lowest BCUT2D eigenvalue weighted by Gasteiger charge is -2.35. The zero-order valence-electron chi connectivity index (χ0n) is 12.9. The SMILES string of the molecule is NC(=O)c1cc(N2CCC(C(O)c3ccccc3)CC2)ccn1. The molecule has 2 heterocycles. The highest BCUT2D eigenvalue weighted by Gasteiger charge is 2.26. The Labute approximate surface area is 135 Å². The highest BCUT2D eigenvalue weighted by atomic mass is 16.3. The van der Waals surface area contributed by atoms with Crippen molar-refractivity contribution in [3.8, 4) is 0 Å². The number of piperidine rings is 1. The van der Waals surface area contributed by atoms with Crippen molar-refractivity contribution < 1.29 is 9.90 Å². The smallest absolute Gasteiger partial charge is 0.267 e. The van der Waals surface area contributed by atoms with Gasteiger partial charge in [-0.15, -0.1) is 0 Å². The number of hydrogen-bond donors (Lipinski definition) is 2. The van der Waals surface area contributed by atoms with E-state index in [0.717, 1.165) is 37.2 Å². The minimum Gasteiger partial charge on any atom is -0.388 e. The number of hydrogen-bond acceptors (Lipinski definition) is 4. The molecule has 1 atom stereocenters. The van der Waals surface area contributed by atoms with Crippen molar-refractivity contribution >= 4 is 11.6 Å². The Morgan fingerprint density at radius 2 is 1.91 bits per heavy atom. The van der Waals surface area contributed by atoms with E-state index in [-0.39, 0.29) is 11.6 Å². The van der Waals surface area contributed by atoms with Crippen LogP contribution in [0.2, 0.25) is 0 Å². The van der Waals surface area contributed by atoms with Gasteiger partial charge in [0.05, 0.1) is 6.10 Å². The first kappa shape index (κ1) is 15.5. The molecule has 2 aromatic rings. The lowest BCUT2D eigenvalue weighted by Crippen LogP contribution is -2.35. The van der Waals surface area contributed by atoms with Crippen LogP contribution >= 0.6 is 0 Å². The predicted octanol–water partition coefficient (Wildman–Crippen LogP) is 2.13. The molecule has 120 valence electrons. The molecular weight excluding hydrogens is 290 g/mol. The number of pyridine rings is 1. The maximum absolute atomic E-state index is 11.2. The van der Waals surface area contributed by atoms with Crippen LogP contribution in [0.25, 0.3) is 0 Å². The fourth-order valence-electron chi connectivity index (χ4n) is 3.15. The highest BCUT2D eigenvalue weighted by molar-refractivity contribution is 5.91. The van der Waals surface area contributed by atoms with Crippen LogP contribution < -0.4 is 10.6 Å². The van der Waals surface area contributed by atoms with Crippen LogP contribution in [0.5, 0.6) is 0 Å². The normalized spacial score (nSPS) is 17.0. The number of rotatable bonds is 4. The molecule has 23 heavy (non-hydrogen) atoms. The van der Waals surface area contributed by atoms with Crippen LogP contribution in [-0.4, -0.2) is 29.1 Å². The molecular formula is C18H21N3O2. The largest absolute Gasteiger partial charge is 0.388 e. The third-order valence-corrected chi connectivity index (χ3v) is 4.49. The van der Waals surface area contributed by atoms with Crippen LogP contribution in [0.3, 0.4) is 0 Å². The molecule has 1 aromatic heterocycles. The van der Waals surface area contributed by atoms with Crippen molar-refractivity contribution in [1.82, 2.24) is 4.98 Å². The van der Waals surface area contributed by atoms with E-state index in [9.17, 15) is 9.90 Å². The third-order valence-electron chi connectivity index (χ3n) is 4.49. The van der Waals surface area contributed by atoms with E-state index in [0.29, 0.717) is 0 Å². The van der Waals surface area contributed by atoms with E-state index in [2.05, 4.69) is 9.88 Å². The van der Waals surface area contributed by atoms with Gasteiger partial charge in [0.25, 0.3) is 5.91 Å². The molecule has 1 aliphatic heterocycles. The van der Waals surface area contributed by atoms with E-state index in [1.165, 1.54) is 0 Å². The van der Waals surface area contributed by atoms with Crippen molar-refractivity contribution in [3.63, 3.8) is 0 Å². The van der Waals surface area contributed by atoms with E-state index < -0.39 is 12.0 Å². The number of primary amides is 1. The first-order valence-corrected chi connectivity index (χ1v) is 7.89. The van der Waals surface area contributed by atoms with Crippen LogP contribution in [-0.2, 0) is 0 Å². The second-order valence-electron chi connectivity index (χ2n) is 5.94. The summed E-state index contributed by atoms with van der Waals surface area (Å²) >= 11 is 0. The zero-order valence-corrected chi connectivity index (χ0v) is 12.9.